The molecule has 100 valence electrons. The highest BCUT2D eigenvalue weighted by Gasteiger charge is 2.32. The van der Waals surface area contributed by atoms with Crippen molar-refractivity contribution in [3.8, 4) is 0 Å². The fourth-order valence-corrected chi connectivity index (χ4v) is 2.33. The largest absolute Gasteiger partial charge is 0.480 e. The van der Waals surface area contributed by atoms with Crippen molar-refractivity contribution >= 4 is 5.97 Å². The number of hydrogen-bond donors (Lipinski definition) is 2. The molecule has 2 N–H and O–H groups in total. The lowest BCUT2D eigenvalue weighted by atomic mass is 9.89. The molecular formula is C12H23NO4. The summed E-state index contributed by atoms with van der Waals surface area (Å²) in [6.07, 6.45) is 2.87. The third-order valence-electron chi connectivity index (χ3n) is 3.44. The zero-order valence-electron chi connectivity index (χ0n) is 10.5. The second-order valence-electron chi connectivity index (χ2n) is 4.52. The van der Waals surface area contributed by atoms with Crippen molar-refractivity contribution in [3.05, 3.63) is 0 Å². The first-order chi connectivity index (χ1) is 8.19. The number of aliphatic carboxylic acids is 1. The van der Waals surface area contributed by atoms with Gasteiger partial charge in [0.15, 0.2) is 0 Å². The average Bonchev–Trinajstić information content (AvgIpc) is 2.34. The topological polar surface area (TPSA) is 70.0 Å². The number of aliphatic hydroxyl groups excluding tert-OH is 1. The van der Waals surface area contributed by atoms with Gasteiger partial charge in [0.25, 0.3) is 0 Å². The van der Waals surface area contributed by atoms with Crippen LogP contribution in [-0.2, 0) is 9.53 Å². The lowest BCUT2D eigenvalue weighted by Gasteiger charge is -2.36. The number of rotatable bonds is 7. The van der Waals surface area contributed by atoms with Gasteiger partial charge in [-0.05, 0) is 25.3 Å². The molecule has 2 unspecified atom stereocenters. The molecule has 0 radical (unpaired) electrons. The first kappa shape index (κ1) is 14.4. The minimum Gasteiger partial charge on any atom is -0.480 e. The second-order valence-corrected chi connectivity index (χ2v) is 4.52. The van der Waals surface area contributed by atoms with Crippen LogP contribution in [0.4, 0.5) is 0 Å². The van der Waals surface area contributed by atoms with Gasteiger partial charge in [0, 0.05) is 6.54 Å². The Hall–Kier alpha value is -0.650. The molecule has 0 aromatic carbocycles. The minimum atomic E-state index is -0.731. The Morgan fingerprint density at radius 3 is 2.82 bits per heavy atom. The van der Waals surface area contributed by atoms with E-state index < -0.39 is 5.97 Å². The number of nitrogens with zero attached hydrogens (tertiary/aromatic N) is 1. The smallest absolute Gasteiger partial charge is 0.320 e. The molecule has 1 fully saturated rings. The standard InChI is InChI=1S/C12H23NO4/c1-2-10-3-4-13(5-7-17-8-6-14)11(9-10)12(15)16/h10-11,14H,2-9H2,1H3,(H,15,16). The van der Waals surface area contributed by atoms with Gasteiger partial charge in [-0.25, -0.2) is 0 Å². The normalized spacial score (nSPS) is 26.0. The van der Waals surface area contributed by atoms with Crippen LogP contribution in [0.15, 0.2) is 0 Å². The molecule has 1 aliphatic heterocycles. The molecule has 5 nitrogen and oxygen atoms in total. The van der Waals surface area contributed by atoms with E-state index in [1.807, 2.05) is 4.90 Å². The van der Waals surface area contributed by atoms with Gasteiger partial charge >= 0.3 is 5.97 Å². The summed E-state index contributed by atoms with van der Waals surface area (Å²) in [7, 11) is 0. The van der Waals surface area contributed by atoms with Crippen molar-refractivity contribution in [2.24, 2.45) is 5.92 Å². The number of carboxylic acid groups (broad SMARTS) is 1. The maximum absolute atomic E-state index is 11.2. The van der Waals surface area contributed by atoms with Crippen LogP contribution in [-0.4, -0.2) is 60.0 Å². The number of likely N-dealkylation sites (tertiary alicyclic amines) is 1. The lowest BCUT2D eigenvalue weighted by molar-refractivity contribution is -0.145. The molecule has 0 saturated carbocycles. The molecular weight excluding hydrogens is 222 g/mol. The van der Waals surface area contributed by atoms with Crippen LogP contribution in [0.3, 0.4) is 0 Å². The van der Waals surface area contributed by atoms with E-state index in [1.54, 1.807) is 0 Å². The number of hydrogen-bond acceptors (Lipinski definition) is 4. The minimum absolute atomic E-state index is 0.0142. The number of carbonyl (C=O) groups is 1. The van der Waals surface area contributed by atoms with E-state index in [0.717, 1.165) is 25.8 Å². The molecule has 1 saturated heterocycles. The van der Waals surface area contributed by atoms with Crippen molar-refractivity contribution in [3.63, 3.8) is 0 Å². The van der Waals surface area contributed by atoms with Gasteiger partial charge in [0.05, 0.1) is 19.8 Å². The van der Waals surface area contributed by atoms with E-state index >= 15 is 0 Å². The molecule has 0 bridgehead atoms. The summed E-state index contributed by atoms with van der Waals surface area (Å²) in [4.78, 5) is 13.2. The van der Waals surface area contributed by atoms with E-state index in [-0.39, 0.29) is 12.6 Å². The SMILES string of the molecule is CCC1CCN(CCOCCO)C(C(=O)O)C1. The highest BCUT2D eigenvalue weighted by atomic mass is 16.5. The van der Waals surface area contributed by atoms with E-state index in [0.29, 0.717) is 25.7 Å². The van der Waals surface area contributed by atoms with E-state index in [2.05, 4.69) is 6.92 Å². The Kier molecular flexibility index (Phi) is 6.47. The van der Waals surface area contributed by atoms with Gasteiger partial charge in [0.1, 0.15) is 6.04 Å². The summed E-state index contributed by atoms with van der Waals surface area (Å²) >= 11 is 0. The number of carboxylic acids is 1. The summed E-state index contributed by atoms with van der Waals surface area (Å²) in [5.74, 6) is -0.198. The summed E-state index contributed by atoms with van der Waals surface area (Å²) < 4.78 is 5.18. The van der Waals surface area contributed by atoms with Crippen LogP contribution in [0.25, 0.3) is 0 Å². The maximum atomic E-state index is 11.2. The van der Waals surface area contributed by atoms with Crippen molar-refractivity contribution in [1.82, 2.24) is 4.90 Å². The van der Waals surface area contributed by atoms with Crippen molar-refractivity contribution in [2.45, 2.75) is 32.2 Å². The molecule has 0 spiro atoms. The summed E-state index contributed by atoms with van der Waals surface area (Å²) in [6.45, 7) is 4.40. The molecule has 0 amide bonds. The van der Waals surface area contributed by atoms with Crippen molar-refractivity contribution in [2.75, 3.05) is 32.9 Å². The first-order valence-corrected chi connectivity index (χ1v) is 6.34. The van der Waals surface area contributed by atoms with Crippen LogP contribution in [0, 0.1) is 5.92 Å². The zero-order chi connectivity index (χ0) is 12.7. The fraction of sp³-hybridized carbons (Fsp3) is 0.917. The van der Waals surface area contributed by atoms with E-state index in [1.165, 1.54) is 0 Å². The van der Waals surface area contributed by atoms with Gasteiger partial charge in [0.2, 0.25) is 0 Å². The zero-order valence-corrected chi connectivity index (χ0v) is 10.5. The highest BCUT2D eigenvalue weighted by molar-refractivity contribution is 5.73. The molecule has 0 aliphatic carbocycles. The van der Waals surface area contributed by atoms with Gasteiger partial charge < -0.3 is 14.9 Å². The molecule has 17 heavy (non-hydrogen) atoms. The Balaban J connectivity index is 2.38. The first-order valence-electron chi connectivity index (χ1n) is 6.34. The predicted molar refractivity (Wildman–Crippen MR) is 63.9 cm³/mol. The molecule has 1 aliphatic rings. The third kappa shape index (κ3) is 4.61. The monoisotopic (exact) mass is 245 g/mol. The third-order valence-corrected chi connectivity index (χ3v) is 3.44. The Labute approximate surface area is 102 Å². The summed E-state index contributed by atoms with van der Waals surface area (Å²) in [5, 5.41) is 17.8. The molecule has 5 heteroatoms. The average molecular weight is 245 g/mol. The Morgan fingerprint density at radius 1 is 1.47 bits per heavy atom. The maximum Gasteiger partial charge on any atom is 0.320 e. The summed E-state index contributed by atoms with van der Waals surface area (Å²) in [5.41, 5.74) is 0. The Morgan fingerprint density at radius 2 is 2.24 bits per heavy atom. The van der Waals surface area contributed by atoms with E-state index in [4.69, 9.17) is 9.84 Å². The predicted octanol–water partition coefficient (Wildman–Crippen LogP) is 0.570. The van der Waals surface area contributed by atoms with Gasteiger partial charge in [-0.2, -0.15) is 0 Å². The number of ether oxygens (including phenoxy) is 1. The van der Waals surface area contributed by atoms with Crippen LogP contribution in [0.5, 0.6) is 0 Å². The quantitative estimate of drug-likeness (QED) is 0.642. The molecule has 1 heterocycles. The summed E-state index contributed by atoms with van der Waals surface area (Å²) in [6, 6.07) is -0.369. The molecule has 2 atom stereocenters. The van der Waals surface area contributed by atoms with Crippen LogP contribution >= 0.6 is 0 Å². The van der Waals surface area contributed by atoms with Gasteiger partial charge in [-0.1, -0.05) is 13.3 Å². The number of piperidine rings is 1. The molecule has 0 aromatic heterocycles. The second kappa shape index (κ2) is 7.63. The van der Waals surface area contributed by atoms with Crippen LogP contribution in [0.2, 0.25) is 0 Å². The Bertz CT molecular complexity index is 235. The molecule has 1 rings (SSSR count). The number of aliphatic hydroxyl groups is 1. The molecule has 0 aromatic rings. The van der Waals surface area contributed by atoms with Crippen LogP contribution < -0.4 is 0 Å². The lowest BCUT2D eigenvalue weighted by Crippen LogP contribution is -2.48. The fourth-order valence-electron chi connectivity index (χ4n) is 2.33. The highest BCUT2D eigenvalue weighted by Crippen LogP contribution is 2.25. The van der Waals surface area contributed by atoms with Gasteiger partial charge in [-0.15, -0.1) is 0 Å². The van der Waals surface area contributed by atoms with Crippen LogP contribution in [0.1, 0.15) is 26.2 Å². The van der Waals surface area contributed by atoms with Crippen molar-refractivity contribution in [1.29, 1.82) is 0 Å². The van der Waals surface area contributed by atoms with Gasteiger partial charge in [-0.3, -0.25) is 9.69 Å². The van der Waals surface area contributed by atoms with Crippen molar-refractivity contribution < 1.29 is 19.7 Å². The van der Waals surface area contributed by atoms with E-state index in [9.17, 15) is 9.90 Å².